The van der Waals surface area contributed by atoms with Crippen molar-refractivity contribution in [1.29, 1.82) is 0 Å². The van der Waals surface area contributed by atoms with Crippen molar-refractivity contribution in [3.63, 3.8) is 0 Å². The molecular weight excluding hydrogens is 517 g/mol. The molecule has 1 aliphatic rings. The Kier molecular flexibility index (Phi) is 8.28. The maximum absolute atomic E-state index is 13.5. The summed E-state index contributed by atoms with van der Waals surface area (Å²) in [5, 5.41) is 1.13. The van der Waals surface area contributed by atoms with Gasteiger partial charge in [0.15, 0.2) is 9.84 Å². The number of benzene rings is 3. The second-order valence-electron chi connectivity index (χ2n) is 9.54. The fraction of sp³-hybridized carbons (Fsp3) is 0.321. The van der Waals surface area contributed by atoms with Gasteiger partial charge in [0, 0.05) is 33.8 Å². The average molecular weight is 547 g/mol. The summed E-state index contributed by atoms with van der Waals surface area (Å²) in [6.45, 7) is 5.04. The molecule has 3 aromatic carbocycles. The molecule has 1 amide bonds. The molecule has 1 unspecified atom stereocenters. The highest BCUT2D eigenvalue weighted by Crippen LogP contribution is 2.31. The van der Waals surface area contributed by atoms with Gasteiger partial charge in [0.05, 0.1) is 18.1 Å². The van der Waals surface area contributed by atoms with E-state index < -0.39 is 9.84 Å². The van der Waals surface area contributed by atoms with E-state index in [9.17, 15) is 13.2 Å². The van der Waals surface area contributed by atoms with Crippen LogP contribution in [0.1, 0.15) is 36.2 Å². The van der Waals surface area contributed by atoms with Crippen LogP contribution in [0.3, 0.4) is 0 Å². The normalized spacial score (nSPS) is 16.8. The molecule has 1 atom stereocenters. The number of hydrogen-bond acceptors (Lipinski definition) is 4. The van der Waals surface area contributed by atoms with Gasteiger partial charge in [0.1, 0.15) is 5.75 Å². The predicted octanol–water partition coefficient (Wildman–Crippen LogP) is 6.52. The molecule has 0 spiro atoms. The van der Waals surface area contributed by atoms with Crippen LogP contribution >= 0.6 is 23.2 Å². The number of rotatable bonds is 8. The zero-order valence-corrected chi connectivity index (χ0v) is 22.6. The Balaban J connectivity index is 1.55. The van der Waals surface area contributed by atoms with Crippen molar-refractivity contribution < 1.29 is 17.9 Å². The van der Waals surface area contributed by atoms with Gasteiger partial charge >= 0.3 is 0 Å². The van der Waals surface area contributed by atoms with Gasteiger partial charge in [0.25, 0.3) is 5.91 Å². The molecule has 4 rings (SSSR count). The van der Waals surface area contributed by atoms with Crippen LogP contribution in [0, 0.1) is 5.92 Å². The fourth-order valence-corrected chi connectivity index (χ4v) is 6.47. The van der Waals surface area contributed by atoms with Crippen LogP contribution in [0.2, 0.25) is 10.0 Å². The molecule has 8 heteroatoms. The highest BCUT2D eigenvalue weighted by Gasteiger charge is 2.35. The minimum absolute atomic E-state index is 0.0210. The van der Waals surface area contributed by atoms with Gasteiger partial charge in [-0.1, -0.05) is 67.4 Å². The Morgan fingerprint density at radius 3 is 2.31 bits per heavy atom. The highest BCUT2D eigenvalue weighted by molar-refractivity contribution is 7.91. The lowest BCUT2D eigenvalue weighted by molar-refractivity contribution is 0.0681. The SMILES string of the molecule is CC(C)COc1ccc(C(=O)N(Cc2ccc(-c3ccc(Cl)cc3Cl)cc2)C2CCS(=O)(=O)C2)cc1. The zero-order valence-electron chi connectivity index (χ0n) is 20.3. The first-order chi connectivity index (χ1) is 17.1. The first kappa shape index (κ1) is 26.5. The maximum atomic E-state index is 13.5. The summed E-state index contributed by atoms with van der Waals surface area (Å²) in [7, 11) is -3.16. The van der Waals surface area contributed by atoms with Crippen molar-refractivity contribution in [2.75, 3.05) is 18.1 Å². The van der Waals surface area contributed by atoms with Crippen molar-refractivity contribution in [3.8, 4) is 16.9 Å². The molecule has 1 fully saturated rings. The fourth-order valence-electron chi connectivity index (χ4n) is 4.22. The van der Waals surface area contributed by atoms with Crippen LogP contribution in [0.15, 0.2) is 66.7 Å². The third-order valence-corrected chi connectivity index (χ3v) is 8.44. The molecule has 36 heavy (non-hydrogen) atoms. The van der Waals surface area contributed by atoms with Crippen molar-refractivity contribution in [1.82, 2.24) is 4.90 Å². The average Bonchev–Trinajstić information content (AvgIpc) is 3.21. The molecule has 0 N–H and O–H groups in total. The summed E-state index contributed by atoms with van der Waals surface area (Å²) in [5.74, 6) is 0.974. The molecule has 0 bridgehead atoms. The highest BCUT2D eigenvalue weighted by atomic mass is 35.5. The second-order valence-corrected chi connectivity index (χ2v) is 12.6. The summed E-state index contributed by atoms with van der Waals surface area (Å²) in [6.07, 6.45) is 0.433. The Morgan fingerprint density at radius 1 is 1.03 bits per heavy atom. The summed E-state index contributed by atoms with van der Waals surface area (Å²) < 4.78 is 30.1. The van der Waals surface area contributed by atoms with E-state index >= 15 is 0 Å². The second kappa shape index (κ2) is 11.2. The lowest BCUT2D eigenvalue weighted by atomic mass is 10.0. The molecule has 5 nitrogen and oxygen atoms in total. The van der Waals surface area contributed by atoms with Gasteiger partial charge in [-0.15, -0.1) is 0 Å². The van der Waals surface area contributed by atoms with E-state index in [0.717, 1.165) is 16.7 Å². The van der Waals surface area contributed by atoms with Gasteiger partial charge in [-0.3, -0.25) is 4.79 Å². The van der Waals surface area contributed by atoms with E-state index in [-0.39, 0.29) is 23.5 Å². The minimum Gasteiger partial charge on any atom is -0.493 e. The van der Waals surface area contributed by atoms with Crippen molar-refractivity contribution >= 4 is 38.9 Å². The van der Waals surface area contributed by atoms with Crippen molar-refractivity contribution in [2.45, 2.75) is 32.9 Å². The summed E-state index contributed by atoms with van der Waals surface area (Å²) in [6, 6.07) is 19.8. The molecule has 1 aliphatic heterocycles. The summed E-state index contributed by atoms with van der Waals surface area (Å²) >= 11 is 12.4. The summed E-state index contributed by atoms with van der Waals surface area (Å²) in [5.41, 5.74) is 3.19. The Hall–Kier alpha value is -2.54. The van der Waals surface area contributed by atoms with Crippen LogP contribution < -0.4 is 4.74 Å². The number of nitrogens with zero attached hydrogens (tertiary/aromatic N) is 1. The first-order valence-electron chi connectivity index (χ1n) is 11.9. The lowest BCUT2D eigenvalue weighted by Gasteiger charge is -2.29. The van der Waals surface area contributed by atoms with Gasteiger partial charge in [-0.05, 0) is 59.9 Å². The van der Waals surface area contributed by atoms with Crippen LogP contribution in [-0.4, -0.2) is 43.4 Å². The molecule has 0 saturated carbocycles. The van der Waals surface area contributed by atoms with E-state index in [1.54, 1.807) is 41.3 Å². The number of halogens is 2. The lowest BCUT2D eigenvalue weighted by Crippen LogP contribution is -2.40. The van der Waals surface area contributed by atoms with Gasteiger partial charge < -0.3 is 9.64 Å². The molecule has 3 aromatic rings. The Labute approximate surface area is 222 Å². The van der Waals surface area contributed by atoms with Crippen LogP contribution in [-0.2, 0) is 16.4 Å². The van der Waals surface area contributed by atoms with E-state index in [2.05, 4.69) is 13.8 Å². The minimum atomic E-state index is -3.16. The number of hydrogen-bond donors (Lipinski definition) is 0. The van der Waals surface area contributed by atoms with Gasteiger partial charge in [-0.25, -0.2) is 8.42 Å². The zero-order chi connectivity index (χ0) is 25.9. The largest absolute Gasteiger partial charge is 0.493 e. The van der Waals surface area contributed by atoms with Crippen molar-refractivity contribution in [3.05, 3.63) is 87.9 Å². The molecule has 1 heterocycles. The number of sulfone groups is 1. The van der Waals surface area contributed by atoms with Crippen LogP contribution in [0.4, 0.5) is 0 Å². The molecular formula is C28H29Cl2NO4S. The quantitative estimate of drug-likeness (QED) is 0.323. The molecule has 0 aliphatic carbocycles. The molecule has 1 saturated heterocycles. The number of ether oxygens (including phenoxy) is 1. The Morgan fingerprint density at radius 2 is 1.72 bits per heavy atom. The van der Waals surface area contributed by atoms with Gasteiger partial charge in [-0.2, -0.15) is 0 Å². The third kappa shape index (κ3) is 6.61. The van der Waals surface area contributed by atoms with Crippen molar-refractivity contribution in [2.24, 2.45) is 5.92 Å². The predicted molar refractivity (Wildman–Crippen MR) is 146 cm³/mol. The van der Waals surface area contributed by atoms with E-state index in [0.29, 0.717) is 46.8 Å². The van der Waals surface area contributed by atoms with E-state index in [4.69, 9.17) is 27.9 Å². The maximum Gasteiger partial charge on any atom is 0.254 e. The first-order valence-corrected chi connectivity index (χ1v) is 14.5. The van der Waals surface area contributed by atoms with E-state index in [1.165, 1.54) is 0 Å². The Bertz CT molecular complexity index is 1320. The topological polar surface area (TPSA) is 63.7 Å². The van der Waals surface area contributed by atoms with Crippen LogP contribution in [0.25, 0.3) is 11.1 Å². The number of carbonyl (C=O) groups excluding carboxylic acids is 1. The monoisotopic (exact) mass is 545 g/mol. The molecule has 0 aromatic heterocycles. The standard InChI is InChI=1S/C28H29Cl2NO4S/c1-19(2)17-35-25-10-7-22(8-11-25)28(32)31(24-13-14-36(33,34)18-24)16-20-3-5-21(6-4-20)26-12-9-23(29)15-27(26)30/h3-12,15,19,24H,13-14,16-18H2,1-2H3. The molecule has 190 valence electrons. The summed E-state index contributed by atoms with van der Waals surface area (Å²) in [4.78, 5) is 15.2. The molecule has 0 radical (unpaired) electrons. The smallest absolute Gasteiger partial charge is 0.254 e. The third-order valence-electron chi connectivity index (χ3n) is 6.14. The number of carbonyl (C=O) groups is 1. The van der Waals surface area contributed by atoms with E-state index in [1.807, 2.05) is 30.3 Å². The number of amides is 1. The van der Waals surface area contributed by atoms with Gasteiger partial charge in [0.2, 0.25) is 0 Å². The van der Waals surface area contributed by atoms with Crippen LogP contribution in [0.5, 0.6) is 5.75 Å².